The summed E-state index contributed by atoms with van der Waals surface area (Å²) in [4.78, 5) is 14.8. The fourth-order valence-corrected chi connectivity index (χ4v) is 11.3. The van der Waals surface area contributed by atoms with Gasteiger partial charge < -0.3 is 13.9 Å². The minimum atomic E-state index is -2.57. The summed E-state index contributed by atoms with van der Waals surface area (Å²) in [6.07, 6.45) is 5.36. The molecule has 8 heteroatoms. The van der Waals surface area contributed by atoms with Gasteiger partial charge in [-0.15, -0.1) is 0 Å². The lowest BCUT2D eigenvalue weighted by molar-refractivity contribution is 0.483. The van der Waals surface area contributed by atoms with Crippen LogP contribution in [0.1, 0.15) is 9.68 Å². The van der Waals surface area contributed by atoms with E-state index in [9.17, 15) is 4.11 Å². The number of rotatable bonds is 7. The Bertz CT molecular complexity index is 4540. The highest BCUT2D eigenvalue weighted by molar-refractivity contribution is 6.13. The summed E-state index contributed by atoms with van der Waals surface area (Å²) in [6.45, 7) is -2.57. The molecule has 15 rings (SSSR count). The largest absolute Gasteiger partial charge is 0.457 e. The number of para-hydroxylation sites is 5. The fraction of sp³-hybridized carbons (Fsp3) is 0.0156. The first-order chi connectivity index (χ1) is 36.9. The molecule has 8 aromatic carbocycles. The average Bonchev–Trinajstić information content (AvgIpc) is 4.22. The minimum absolute atomic E-state index is 0.173. The van der Waals surface area contributed by atoms with E-state index in [1.54, 1.807) is 24.7 Å². The first kappa shape index (κ1) is 37.1. The van der Waals surface area contributed by atoms with Gasteiger partial charge in [0.15, 0.2) is 0 Å². The van der Waals surface area contributed by atoms with E-state index in [1.165, 1.54) is 0 Å². The number of pyridine rings is 3. The molecular weight excluding hydrogens is 883 g/mol. The zero-order valence-corrected chi connectivity index (χ0v) is 38.5. The summed E-state index contributed by atoms with van der Waals surface area (Å²) >= 11 is 0. The summed E-state index contributed by atoms with van der Waals surface area (Å²) in [7, 11) is 0. The minimum Gasteiger partial charge on any atom is -0.457 e. The predicted octanol–water partition coefficient (Wildman–Crippen LogP) is 16.0. The Kier molecular flexibility index (Phi) is 8.06. The van der Waals surface area contributed by atoms with Crippen LogP contribution in [0.2, 0.25) is 0 Å². The van der Waals surface area contributed by atoms with Gasteiger partial charge in [0.05, 0.1) is 50.2 Å². The number of ether oxygens (including phenoxy) is 1. The van der Waals surface area contributed by atoms with Crippen molar-refractivity contribution in [1.82, 2.24) is 33.2 Å². The van der Waals surface area contributed by atoms with E-state index < -0.39 is 6.85 Å². The second-order valence-corrected chi connectivity index (χ2v) is 18.2. The smallest absolute Gasteiger partial charge is 0.146 e. The molecule has 0 aliphatic carbocycles. The first-order valence-electron chi connectivity index (χ1n) is 25.5. The second kappa shape index (κ2) is 15.6. The van der Waals surface area contributed by atoms with Crippen molar-refractivity contribution in [3.8, 4) is 45.5 Å². The maximum Gasteiger partial charge on any atom is 0.146 e. The number of hydrogen-bond acceptors (Lipinski definition) is 4. The van der Waals surface area contributed by atoms with Crippen molar-refractivity contribution in [1.29, 1.82) is 0 Å². The molecule has 0 aliphatic rings. The fourth-order valence-electron chi connectivity index (χ4n) is 11.3. The van der Waals surface area contributed by atoms with Gasteiger partial charge in [-0.05, 0) is 109 Å². The third kappa shape index (κ3) is 5.90. The number of hydrogen-bond donors (Lipinski definition) is 0. The lowest BCUT2D eigenvalue weighted by Crippen LogP contribution is -2.05. The summed E-state index contributed by atoms with van der Waals surface area (Å²) in [5.41, 5.74) is 11.3. The molecule has 0 bridgehead atoms. The molecule has 0 saturated heterocycles. The molecule has 0 aliphatic heterocycles. The summed E-state index contributed by atoms with van der Waals surface area (Å²) in [5.74, 6) is 1.70. The lowest BCUT2D eigenvalue weighted by Gasteiger charge is -2.21. The molecular formula is C64H41N7O. The van der Waals surface area contributed by atoms with Crippen LogP contribution in [0.5, 0.6) is 11.5 Å². The quantitative estimate of drug-likeness (QED) is 0.160. The van der Waals surface area contributed by atoms with Crippen molar-refractivity contribution >= 4 is 87.5 Å². The van der Waals surface area contributed by atoms with Crippen LogP contribution in [-0.2, 0) is 0 Å². The third-order valence-corrected chi connectivity index (χ3v) is 14.3. The highest BCUT2D eigenvalue weighted by Gasteiger charge is 2.24. The highest BCUT2D eigenvalue weighted by Crippen LogP contribution is 2.44. The predicted molar refractivity (Wildman–Crippen MR) is 294 cm³/mol. The van der Waals surface area contributed by atoms with Crippen LogP contribution in [0.25, 0.3) is 121 Å². The number of fused-ring (bicyclic) bond motifs is 12. The third-order valence-electron chi connectivity index (χ3n) is 14.3. The highest BCUT2D eigenvalue weighted by atomic mass is 16.5. The van der Waals surface area contributed by atoms with Crippen LogP contribution in [0, 0.1) is 6.85 Å². The SMILES string of the molecule is [2H]C([2H])([2H])c1cc(-n2c3ccccc3c3ccc(Oc4cccc(-n5c6ncccc6c6cccnc65)c4)cc32)ncc1-c1c(-n2c3ccccc3c3ccccc32)cccc1-n1c2ccccc2c2ccccc21. The zero-order valence-electron chi connectivity index (χ0n) is 41.5. The molecule has 0 unspecified atom stereocenters. The first-order valence-corrected chi connectivity index (χ1v) is 24.0. The van der Waals surface area contributed by atoms with Crippen LogP contribution < -0.4 is 4.74 Å². The van der Waals surface area contributed by atoms with Gasteiger partial charge >= 0.3 is 0 Å². The Labute approximate surface area is 416 Å². The van der Waals surface area contributed by atoms with Gasteiger partial charge in [-0.3, -0.25) is 9.13 Å². The van der Waals surface area contributed by atoms with Crippen molar-refractivity contribution in [3.63, 3.8) is 0 Å². The Morgan fingerprint density at radius 2 is 0.847 bits per heavy atom. The standard InChI is InChI=1S/C64H41N7O/c1-40-36-61(71-57-29-11-6-22-48(57)49-33-32-43(38-60(49)71)72-42-17-12-16-41(37-42)68-63-50(23-14-34-65-63)51-24-15-35-66-64(51)68)67-39-52(40)62-58(69-53-25-7-2-18-44(53)45-19-3-8-26-54(45)69)30-13-31-59(62)70-55-27-9-4-20-46(55)47-21-5-10-28-56(47)70/h2-39H,1H3/i1D3. The van der Waals surface area contributed by atoms with Crippen LogP contribution >= 0.6 is 0 Å². The van der Waals surface area contributed by atoms with Crippen LogP contribution in [0.15, 0.2) is 231 Å². The van der Waals surface area contributed by atoms with Crippen molar-refractivity contribution in [2.45, 2.75) is 6.85 Å². The Morgan fingerprint density at radius 3 is 1.39 bits per heavy atom. The van der Waals surface area contributed by atoms with Gasteiger partial charge in [0.2, 0.25) is 0 Å². The molecule has 8 nitrogen and oxygen atoms in total. The van der Waals surface area contributed by atoms with Crippen molar-refractivity contribution in [2.24, 2.45) is 0 Å². The second-order valence-electron chi connectivity index (χ2n) is 18.2. The van der Waals surface area contributed by atoms with Crippen molar-refractivity contribution < 1.29 is 8.85 Å². The van der Waals surface area contributed by atoms with E-state index >= 15 is 0 Å². The van der Waals surface area contributed by atoms with E-state index in [0.717, 1.165) is 110 Å². The topological polar surface area (TPSA) is 67.6 Å². The molecule has 0 amide bonds. The Balaban J connectivity index is 0.938. The van der Waals surface area contributed by atoms with E-state index in [4.69, 9.17) is 19.7 Å². The van der Waals surface area contributed by atoms with Crippen molar-refractivity contribution in [3.05, 3.63) is 236 Å². The monoisotopic (exact) mass is 926 g/mol. The molecule has 0 atom stereocenters. The summed E-state index contributed by atoms with van der Waals surface area (Å²) in [5, 5.41) is 8.42. The normalized spacial score (nSPS) is 12.8. The van der Waals surface area contributed by atoms with Gasteiger partial charge in [0, 0.05) is 89.1 Å². The van der Waals surface area contributed by atoms with Crippen LogP contribution in [0.3, 0.4) is 0 Å². The Hall–Kier alpha value is -9.79. The van der Waals surface area contributed by atoms with Crippen LogP contribution in [0.4, 0.5) is 0 Å². The van der Waals surface area contributed by atoms with Gasteiger partial charge in [0.25, 0.3) is 0 Å². The number of aromatic nitrogens is 7. The molecule has 7 aromatic heterocycles. The Morgan fingerprint density at radius 1 is 0.375 bits per heavy atom. The number of nitrogens with zero attached hydrogens (tertiary/aromatic N) is 7. The van der Waals surface area contributed by atoms with E-state index in [-0.39, 0.29) is 5.56 Å². The summed E-state index contributed by atoms with van der Waals surface area (Å²) < 4.78 is 43.6. The molecule has 0 N–H and O–H groups in total. The number of aryl methyl sites for hydroxylation is 1. The van der Waals surface area contributed by atoms with Crippen LogP contribution in [-0.4, -0.2) is 33.2 Å². The van der Waals surface area contributed by atoms with Gasteiger partial charge in [-0.2, -0.15) is 0 Å². The van der Waals surface area contributed by atoms with E-state index in [1.807, 2.05) is 60.7 Å². The van der Waals surface area contributed by atoms with Crippen molar-refractivity contribution in [2.75, 3.05) is 0 Å². The molecule has 0 spiro atoms. The van der Waals surface area contributed by atoms with E-state index in [2.05, 4.69) is 164 Å². The zero-order chi connectivity index (χ0) is 49.9. The maximum atomic E-state index is 9.40. The lowest BCUT2D eigenvalue weighted by atomic mass is 9.98. The molecule has 0 radical (unpaired) electrons. The molecule has 338 valence electrons. The van der Waals surface area contributed by atoms with Gasteiger partial charge in [0.1, 0.15) is 28.6 Å². The molecule has 72 heavy (non-hydrogen) atoms. The average molecular weight is 927 g/mol. The molecule has 15 aromatic rings. The van der Waals surface area contributed by atoms with E-state index in [0.29, 0.717) is 22.9 Å². The molecule has 0 fully saturated rings. The molecule has 7 heterocycles. The molecule has 0 saturated carbocycles. The maximum absolute atomic E-state index is 9.40. The van der Waals surface area contributed by atoms with Gasteiger partial charge in [-0.1, -0.05) is 103 Å². The number of benzene rings is 8. The van der Waals surface area contributed by atoms with Gasteiger partial charge in [-0.25, -0.2) is 15.0 Å². The summed E-state index contributed by atoms with van der Waals surface area (Å²) in [6, 6.07) is 71.8.